The van der Waals surface area contributed by atoms with Gasteiger partial charge in [-0.3, -0.25) is 4.79 Å². The molecule has 17 heavy (non-hydrogen) atoms. The van der Waals surface area contributed by atoms with Crippen LogP contribution in [0.2, 0.25) is 0 Å². The van der Waals surface area contributed by atoms with Crippen LogP contribution in [-0.2, 0) is 4.79 Å². The molecule has 2 aliphatic heterocycles. The number of rotatable bonds is 2. The SMILES string of the molecule is CC1CNCCN(CC2CCN(C)CC2)C1=O. The minimum absolute atomic E-state index is 0.142. The zero-order valence-corrected chi connectivity index (χ0v) is 11.1. The predicted molar refractivity (Wildman–Crippen MR) is 68.8 cm³/mol. The summed E-state index contributed by atoms with van der Waals surface area (Å²) in [4.78, 5) is 16.6. The van der Waals surface area contributed by atoms with Crippen LogP contribution in [0.5, 0.6) is 0 Å². The van der Waals surface area contributed by atoms with Gasteiger partial charge < -0.3 is 15.1 Å². The van der Waals surface area contributed by atoms with Gasteiger partial charge in [0.15, 0.2) is 0 Å². The number of hydrogen-bond acceptors (Lipinski definition) is 3. The van der Waals surface area contributed by atoms with E-state index in [0.717, 1.165) is 26.2 Å². The molecule has 1 N–H and O–H groups in total. The normalized spacial score (nSPS) is 29.4. The third-order valence-corrected chi connectivity index (χ3v) is 4.06. The highest BCUT2D eigenvalue weighted by Gasteiger charge is 2.26. The van der Waals surface area contributed by atoms with Crippen molar-refractivity contribution >= 4 is 5.91 Å². The van der Waals surface area contributed by atoms with Crippen LogP contribution < -0.4 is 5.32 Å². The van der Waals surface area contributed by atoms with Gasteiger partial charge in [0.25, 0.3) is 0 Å². The standard InChI is InChI=1S/C13H25N3O/c1-11-9-14-5-8-16(13(11)17)10-12-3-6-15(2)7-4-12/h11-12,14H,3-10H2,1-2H3. The van der Waals surface area contributed by atoms with E-state index in [1.165, 1.54) is 25.9 Å². The van der Waals surface area contributed by atoms with Crippen molar-refractivity contribution in [3.05, 3.63) is 0 Å². The topological polar surface area (TPSA) is 35.6 Å². The van der Waals surface area contributed by atoms with Gasteiger partial charge in [-0.05, 0) is 38.9 Å². The highest BCUT2D eigenvalue weighted by atomic mass is 16.2. The molecule has 2 saturated heterocycles. The molecule has 1 amide bonds. The first-order valence-electron chi connectivity index (χ1n) is 6.85. The summed E-state index contributed by atoms with van der Waals surface area (Å²) in [7, 11) is 2.18. The lowest BCUT2D eigenvalue weighted by molar-refractivity contribution is -0.134. The minimum atomic E-state index is 0.142. The van der Waals surface area contributed by atoms with Crippen molar-refractivity contribution in [2.24, 2.45) is 11.8 Å². The van der Waals surface area contributed by atoms with Crippen molar-refractivity contribution in [3.8, 4) is 0 Å². The van der Waals surface area contributed by atoms with E-state index in [1.807, 2.05) is 6.92 Å². The maximum absolute atomic E-state index is 12.2. The summed E-state index contributed by atoms with van der Waals surface area (Å²) in [5.74, 6) is 1.19. The lowest BCUT2D eigenvalue weighted by Gasteiger charge is -2.33. The summed E-state index contributed by atoms with van der Waals surface area (Å²) in [5.41, 5.74) is 0. The van der Waals surface area contributed by atoms with Crippen LogP contribution in [0.1, 0.15) is 19.8 Å². The highest BCUT2D eigenvalue weighted by Crippen LogP contribution is 2.18. The monoisotopic (exact) mass is 239 g/mol. The Morgan fingerprint density at radius 2 is 2.00 bits per heavy atom. The quantitative estimate of drug-likeness (QED) is 0.757. The Labute approximate surface area is 104 Å². The lowest BCUT2D eigenvalue weighted by atomic mass is 9.96. The van der Waals surface area contributed by atoms with Crippen LogP contribution in [0.3, 0.4) is 0 Å². The van der Waals surface area contributed by atoms with Crippen molar-refractivity contribution in [3.63, 3.8) is 0 Å². The Hall–Kier alpha value is -0.610. The van der Waals surface area contributed by atoms with Crippen LogP contribution in [0.15, 0.2) is 0 Å². The molecule has 0 radical (unpaired) electrons. The molecule has 2 fully saturated rings. The molecule has 0 spiro atoms. The van der Waals surface area contributed by atoms with E-state index in [2.05, 4.69) is 22.2 Å². The van der Waals surface area contributed by atoms with Crippen molar-refractivity contribution in [2.75, 3.05) is 46.3 Å². The van der Waals surface area contributed by atoms with Gasteiger partial charge in [-0.25, -0.2) is 0 Å². The molecule has 0 aromatic carbocycles. The van der Waals surface area contributed by atoms with Crippen LogP contribution in [-0.4, -0.2) is 62.0 Å². The molecule has 0 bridgehead atoms. The van der Waals surface area contributed by atoms with Crippen molar-refractivity contribution in [1.29, 1.82) is 0 Å². The largest absolute Gasteiger partial charge is 0.341 e. The molecular weight excluding hydrogens is 214 g/mol. The van der Waals surface area contributed by atoms with E-state index in [4.69, 9.17) is 0 Å². The Kier molecular flexibility index (Phi) is 4.40. The Morgan fingerprint density at radius 3 is 2.71 bits per heavy atom. The average Bonchev–Trinajstić information content (AvgIpc) is 2.48. The second-order valence-electron chi connectivity index (χ2n) is 5.64. The summed E-state index contributed by atoms with van der Waals surface area (Å²) < 4.78 is 0. The van der Waals surface area contributed by atoms with Gasteiger partial charge in [-0.1, -0.05) is 6.92 Å². The van der Waals surface area contributed by atoms with Crippen molar-refractivity contribution in [2.45, 2.75) is 19.8 Å². The third kappa shape index (κ3) is 3.42. The molecule has 0 aromatic heterocycles. The van der Waals surface area contributed by atoms with E-state index in [0.29, 0.717) is 11.8 Å². The maximum Gasteiger partial charge on any atom is 0.226 e. The summed E-state index contributed by atoms with van der Waals surface area (Å²) in [6.07, 6.45) is 2.48. The molecule has 0 aliphatic carbocycles. The van der Waals surface area contributed by atoms with E-state index in [9.17, 15) is 4.79 Å². The first kappa shape index (κ1) is 12.8. The fraction of sp³-hybridized carbons (Fsp3) is 0.923. The van der Waals surface area contributed by atoms with E-state index in [-0.39, 0.29) is 5.92 Å². The van der Waals surface area contributed by atoms with E-state index in [1.54, 1.807) is 0 Å². The summed E-state index contributed by atoms with van der Waals surface area (Å²) >= 11 is 0. The van der Waals surface area contributed by atoms with Crippen LogP contribution in [0.25, 0.3) is 0 Å². The summed E-state index contributed by atoms with van der Waals surface area (Å²) in [6, 6.07) is 0. The summed E-state index contributed by atoms with van der Waals surface area (Å²) in [5, 5.41) is 3.33. The van der Waals surface area contributed by atoms with Crippen LogP contribution >= 0.6 is 0 Å². The molecule has 2 heterocycles. The number of nitrogens with one attached hydrogen (secondary N) is 1. The maximum atomic E-state index is 12.2. The van der Waals surface area contributed by atoms with Gasteiger partial charge >= 0.3 is 0 Å². The second kappa shape index (κ2) is 5.83. The molecule has 98 valence electrons. The predicted octanol–water partition coefficient (Wildman–Crippen LogP) is 0.396. The molecule has 4 heteroatoms. The second-order valence-corrected chi connectivity index (χ2v) is 5.64. The van der Waals surface area contributed by atoms with Gasteiger partial charge in [0, 0.05) is 32.1 Å². The van der Waals surface area contributed by atoms with E-state index < -0.39 is 0 Å². The fourth-order valence-electron chi connectivity index (χ4n) is 2.78. The lowest BCUT2D eigenvalue weighted by Crippen LogP contribution is -2.42. The molecular formula is C13H25N3O. The smallest absolute Gasteiger partial charge is 0.226 e. The first-order valence-corrected chi connectivity index (χ1v) is 6.85. The molecule has 2 rings (SSSR count). The third-order valence-electron chi connectivity index (χ3n) is 4.06. The highest BCUT2D eigenvalue weighted by molar-refractivity contribution is 5.79. The minimum Gasteiger partial charge on any atom is -0.341 e. The number of carbonyl (C=O) groups is 1. The molecule has 1 atom stereocenters. The van der Waals surface area contributed by atoms with Crippen LogP contribution in [0, 0.1) is 11.8 Å². The van der Waals surface area contributed by atoms with E-state index >= 15 is 0 Å². The average molecular weight is 239 g/mol. The summed E-state index contributed by atoms with van der Waals surface area (Å²) in [6.45, 7) is 8.03. The molecule has 4 nitrogen and oxygen atoms in total. The number of nitrogens with zero attached hydrogens (tertiary/aromatic N) is 2. The van der Waals surface area contributed by atoms with Gasteiger partial charge in [0.05, 0.1) is 0 Å². The zero-order valence-electron chi connectivity index (χ0n) is 11.1. The Morgan fingerprint density at radius 1 is 1.29 bits per heavy atom. The Bertz CT molecular complexity index is 261. The molecule has 0 saturated carbocycles. The molecule has 2 aliphatic rings. The molecule has 1 unspecified atom stereocenters. The first-order chi connectivity index (χ1) is 8.16. The van der Waals surface area contributed by atoms with Gasteiger partial charge in [-0.2, -0.15) is 0 Å². The van der Waals surface area contributed by atoms with Crippen molar-refractivity contribution in [1.82, 2.24) is 15.1 Å². The number of likely N-dealkylation sites (tertiary alicyclic amines) is 1. The van der Waals surface area contributed by atoms with Crippen LogP contribution in [0.4, 0.5) is 0 Å². The van der Waals surface area contributed by atoms with Gasteiger partial charge in [0.2, 0.25) is 5.91 Å². The Balaban J connectivity index is 1.86. The fourth-order valence-corrected chi connectivity index (χ4v) is 2.78. The number of piperidine rings is 1. The van der Waals surface area contributed by atoms with Crippen molar-refractivity contribution < 1.29 is 4.79 Å². The van der Waals surface area contributed by atoms with Gasteiger partial charge in [-0.15, -0.1) is 0 Å². The molecule has 0 aromatic rings. The number of hydrogen-bond donors (Lipinski definition) is 1. The number of carbonyl (C=O) groups excluding carboxylic acids is 1. The zero-order chi connectivity index (χ0) is 12.3. The van der Waals surface area contributed by atoms with Gasteiger partial charge in [0.1, 0.15) is 0 Å². The number of amides is 1.